The Morgan fingerprint density at radius 1 is 0.962 bits per heavy atom. The molecule has 0 fully saturated rings. The number of ether oxygens (including phenoxy) is 4. The Labute approximate surface area is 154 Å². The molecule has 0 heterocycles. The number of esters is 1. The number of carbonyl (C=O) groups excluding carboxylic acids is 1. The molecule has 0 amide bonds. The fourth-order valence-electron chi connectivity index (χ4n) is 2.55. The molecule has 0 radical (unpaired) electrons. The van der Waals surface area contributed by atoms with Gasteiger partial charge in [0, 0.05) is 13.0 Å². The maximum Gasteiger partial charge on any atom is 0.335 e. The zero-order valence-electron chi connectivity index (χ0n) is 15.6. The van der Waals surface area contributed by atoms with Gasteiger partial charge in [0.1, 0.15) is 6.61 Å². The third-order valence-corrected chi connectivity index (χ3v) is 3.80. The smallest absolute Gasteiger partial charge is 0.335 e. The normalized spacial score (nSPS) is 11.7. The van der Waals surface area contributed by atoms with Crippen LogP contribution >= 0.6 is 0 Å². The fourth-order valence-corrected chi connectivity index (χ4v) is 2.55. The highest BCUT2D eigenvalue weighted by atomic mass is 16.6. The lowest BCUT2D eigenvalue weighted by Gasteiger charge is -2.17. The highest BCUT2D eigenvalue weighted by Gasteiger charge is 2.21. The quantitative estimate of drug-likeness (QED) is 0.605. The van der Waals surface area contributed by atoms with E-state index >= 15 is 0 Å². The molecule has 1 unspecified atom stereocenters. The van der Waals surface area contributed by atoms with Gasteiger partial charge in [-0.2, -0.15) is 0 Å². The topological polar surface area (TPSA) is 54.0 Å². The van der Waals surface area contributed by atoms with E-state index in [2.05, 4.69) is 0 Å². The first-order valence-electron chi connectivity index (χ1n) is 8.79. The Balaban J connectivity index is 2.07. The van der Waals surface area contributed by atoms with Crippen molar-refractivity contribution in [1.29, 1.82) is 0 Å². The van der Waals surface area contributed by atoms with Crippen LogP contribution in [-0.4, -0.2) is 32.4 Å². The summed E-state index contributed by atoms with van der Waals surface area (Å²) in [4.78, 5) is 12.0. The zero-order chi connectivity index (χ0) is 18.8. The molecule has 26 heavy (non-hydrogen) atoms. The molecule has 2 aromatic carbocycles. The average molecular weight is 358 g/mol. The average Bonchev–Trinajstić information content (AvgIpc) is 2.67. The molecule has 1 atom stereocenters. The molecule has 0 aliphatic heterocycles. The Morgan fingerprint density at radius 2 is 1.73 bits per heavy atom. The predicted octanol–water partition coefficient (Wildman–Crippen LogP) is 3.78. The Bertz CT molecular complexity index is 684. The number of methoxy groups -OCH3 is 1. The van der Waals surface area contributed by atoms with Crippen molar-refractivity contribution in [3.05, 3.63) is 59.7 Å². The molecule has 0 saturated carbocycles. The maximum atomic E-state index is 12.0. The third-order valence-electron chi connectivity index (χ3n) is 3.80. The molecule has 0 aromatic heterocycles. The molecular formula is C21H26O5. The molecule has 2 aromatic rings. The fraction of sp³-hybridized carbons (Fsp3) is 0.381. The summed E-state index contributed by atoms with van der Waals surface area (Å²) in [7, 11) is 1.60. The molecule has 0 saturated heterocycles. The van der Waals surface area contributed by atoms with Crippen molar-refractivity contribution in [3.8, 4) is 11.5 Å². The van der Waals surface area contributed by atoms with Crippen molar-refractivity contribution in [2.45, 2.75) is 33.0 Å². The van der Waals surface area contributed by atoms with Gasteiger partial charge in [-0.1, -0.05) is 36.4 Å². The SMILES string of the molecule is CCOC(=O)C(Cc1ccc(OCc2ccccc2)c(OC)c1)OCC. The molecule has 0 N–H and O–H groups in total. The van der Waals surface area contributed by atoms with Crippen LogP contribution in [0.4, 0.5) is 0 Å². The van der Waals surface area contributed by atoms with Gasteiger partial charge in [-0.05, 0) is 37.1 Å². The van der Waals surface area contributed by atoms with Gasteiger partial charge in [-0.3, -0.25) is 0 Å². The molecule has 0 aliphatic carbocycles. The van der Waals surface area contributed by atoms with Gasteiger partial charge in [0.2, 0.25) is 0 Å². The number of rotatable bonds is 10. The van der Waals surface area contributed by atoms with E-state index in [9.17, 15) is 4.79 Å². The minimum Gasteiger partial charge on any atom is -0.493 e. The van der Waals surface area contributed by atoms with Crippen LogP contribution in [0, 0.1) is 0 Å². The summed E-state index contributed by atoms with van der Waals surface area (Å²) < 4.78 is 21.9. The van der Waals surface area contributed by atoms with E-state index in [1.807, 2.05) is 55.5 Å². The zero-order valence-corrected chi connectivity index (χ0v) is 15.6. The lowest BCUT2D eigenvalue weighted by Crippen LogP contribution is -2.29. The predicted molar refractivity (Wildman–Crippen MR) is 99.5 cm³/mol. The number of hydrogen-bond acceptors (Lipinski definition) is 5. The summed E-state index contributed by atoms with van der Waals surface area (Å²) in [6.45, 7) is 4.87. The van der Waals surface area contributed by atoms with Crippen molar-refractivity contribution in [2.75, 3.05) is 20.3 Å². The van der Waals surface area contributed by atoms with Gasteiger partial charge in [-0.15, -0.1) is 0 Å². The van der Waals surface area contributed by atoms with E-state index < -0.39 is 6.10 Å². The highest BCUT2D eigenvalue weighted by Crippen LogP contribution is 2.29. The molecule has 5 nitrogen and oxygen atoms in total. The summed E-state index contributed by atoms with van der Waals surface area (Å²) in [5.74, 6) is 0.930. The largest absolute Gasteiger partial charge is 0.493 e. The summed E-state index contributed by atoms with van der Waals surface area (Å²) >= 11 is 0. The lowest BCUT2D eigenvalue weighted by atomic mass is 10.1. The minimum atomic E-state index is -0.624. The van der Waals surface area contributed by atoms with Crippen molar-refractivity contribution in [2.24, 2.45) is 0 Å². The lowest BCUT2D eigenvalue weighted by molar-refractivity contribution is -0.156. The molecular weight excluding hydrogens is 332 g/mol. The summed E-state index contributed by atoms with van der Waals surface area (Å²) in [6, 6.07) is 15.6. The minimum absolute atomic E-state index is 0.331. The van der Waals surface area contributed by atoms with Gasteiger partial charge in [0.25, 0.3) is 0 Å². The van der Waals surface area contributed by atoms with Crippen LogP contribution in [-0.2, 0) is 27.3 Å². The van der Waals surface area contributed by atoms with Gasteiger partial charge in [0.05, 0.1) is 13.7 Å². The second-order valence-corrected chi connectivity index (χ2v) is 5.66. The highest BCUT2D eigenvalue weighted by molar-refractivity contribution is 5.75. The van der Waals surface area contributed by atoms with Crippen molar-refractivity contribution in [3.63, 3.8) is 0 Å². The van der Waals surface area contributed by atoms with Crippen molar-refractivity contribution < 1.29 is 23.7 Å². The summed E-state index contributed by atoms with van der Waals surface area (Å²) in [5, 5.41) is 0. The van der Waals surface area contributed by atoms with Crippen LogP contribution in [0.5, 0.6) is 11.5 Å². The van der Waals surface area contributed by atoms with E-state index in [1.165, 1.54) is 0 Å². The molecule has 2 rings (SSSR count). The number of benzene rings is 2. The van der Waals surface area contributed by atoms with Crippen LogP contribution in [0.3, 0.4) is 0 Å². The Morgan fingerprint density at radius 3 is 2.38 bits per heavy atom. The molecule has 140 valence electrons. The third kappa shape index (κ3) is 5.77. The van der Waals surface area contributed by atoms with E-state index in [0.717, 1.165) is 11.1 Å². The van der Waals surface area contributed by atoms with Crippen molar-refractivity contribution >= 4 is 5.97 Å². The van der Waals surface area contributed by atoms with E-state index in [4.69, 9.17) is 18.9 Å². The second-order valence-electron chi connectivity index (χ2n) is 5.66. The van der Waals surface area contributed by atoms with Gasteiger partial charge < -0.3 is 18.9 Å². The van der Waals surface area contributed by atoms with Crippen molar-refractivity contribution in [1.82, 2.24) is 0 Å². The first-order chi connectivity index (χ1) is 12.7. The van der Waals surface area contributed by atoms with Gasteiger partial charge in [-0.25, -0.2) is 4.79 Å². The Kier molecular flexibility index (Phi) is 7.96. The Hall–Kier alpha value is -2.53. The van der Waals surface area contributed by atoms with Crippen LogP contribution < -0.4 is 9.47 Å². The second kappa shape index (κ2) is 10.5. The van der Waals surface area contributed by atoms with Crippen LogP contribution in [0.25, 0.3) is 0 Å². The molecule has 0 spiro atoms. The first-order valence-corrected chi connectivity index (χ1v) is 8.79. The molecule has 5 heteroatoms. The molecule has 0 bridgehead atoms. The monoisotopic (exact) mass is 358 g/mol. The summed E-state index contributed by atoms with van der Waals surface area (Å²) in [6.07, 6.45) is -0.206. The van der Waals surface area contributed by atoms with Crippen LogP contribution in [0.15, 0.2) is 48.5 Å². The van der Waals surface area contributed by atoms with E-state index in [-0.39, 0.29) is 5.97 Å². The summed E-state index contributed by atoms with van der Waals surface area (Å²) in [5.41, 5.74) is 2.00. The van der Waals surface area contributed by atoms with Gasteiger partial charge >= 0.3 is 5.97 Å². The van der Waals surface area contributed by atoms with Crippen LogP contribution in [0.2, 0.25) is 0 Å². The van der Waals surface area contributed by atoms with Gasteiger partial charge in [0.15, 0.2) is 17.6 Å². The number of hydrogen-bond donors (Lipinski definition) is 0. The van der Waals surface area contributed by atoms with E-state index in [0.29, 0.717) is 37.7 Å². The van der Waals surface area contributed by atoms with Crippen LogP contribution in [0.1, 0.15) is 25.0 Å². The maximum absolute atomic E-state index is 12.0. The first kappa shape index (κ1) is 19.8. The van der Waals surface area contributed by atoms with E-state index in [1.54, 1.807) is 14.0 Å². The standard InChI is InChI=1S/C21H26O5/c1-4-24-20(21(22)25-5-2)14-17-11-12-18(19(13-17)23-3)26-15-16-9-7-6-8-10-16/h6-13,20H,4-5,14-15H2,1-3H3. The number of carbonyl (C=O) groups is 1. The molecule has 0 aliphatic rings.